The summed E-state index contributed by atoms with van der Waals surface area (Å²) >= 11 is 7.44. The van der Waals surface area contributed by atoms with E-state index >= 15 is 0 Å². The van der Waals surface area contributed by atoms with Crippen LogP contribution in [-0.4, -0.2) is 33.4 Å². The van der Waals surface area contributed by atoms with Gasteiger partial charge < -0.3 is 9.26 Å². The average Bonchev–Trinajstić information content (AvgIpc) is 3.05. The van der Waals surface area contributed by atoms with Gasteiger partial charge in [0.15, 0.2) is 11.0 Å². The van der Waals surface area contributed by atoms with Crippen molar-refractivity contribution in [3.63, 3.8) is 0 Å². The van der Waals surface area contributed by atoms with Gasteiger partial charge in [0.2, 0.25) is 5.89 Å². The van der Waals surface area contributed by atoms with E-state index in [-0.39, 0.29) is 5.56 Å². The number of benzene rings is 1. The minimum atomic E-state index is -0.121. The molecule has 144 valence electrons. The molecule has 0 saturated carbocycles. The molecule has 27 heavy (non-hydrogen) atoms. The summed E-state index contributed by atoms with van der Waals surface area (Å²) in [5, 5.41) is 5.64. The van der Waals surface area contributed by atoms with Crippen molar-refractivity contribution in [2.24, 2.45) is 5.92 Å². The first-order valence-corrected chi connectivity index (χ1v) is 9.97. The highest BCUT2D eigenvalue weighted by Crippen LogP contribution is 2.23. The Hall–Kier alpha value is -1.90. The summed E-state index contributed by atoms with van der Waals surface area (Å²) in [7, 11) is 1.60. The molecule has 0 saturated heterocycles. The van der Waals surface area contributed by atoms with Crippen LogP contribution in [0.25, 0.3) is 10.9 Å². The van der Waals surface area contributed by atoms with Gasteiger partial charge in [-0.3, -0.25) is 9.36 Å². The van der Waals surface area contributed by atoms with Gasteiger partial charge >= 0.3 is 0 Å². The summed E-state index contributed by atoms with van der Waals surface area (Å²) in [5.74, 6) is 2.09. The highest BCUT2D eigenvalue weighted by molar-refractivity contribution is 7.98. The minimum absolute atomic E-state index is 0.121. The molecule has 0 spiro atoms. The number of methoxy groups -OCH3 is 1. The van der Waals surface area contributed by atoms with Gasteiger partial charge in [-0.1, -0.05) is 42.4 Å². The van der Waals surface area contributed by atoms with E-state index in [4.69, 9.17) is 20.9 Å². The summed E-state index contributed by atoms with van der Waals surface area (Å²) in [5.41, 5.74) is 0.446. The van der Waals surface area contributed by atoms with E-state index in [1.807, 2.05) is 0 Å². The Kier molecular flexibility index (Phi) is 6.51. The molecule has 0 aliphatic carbocycles. The minimum Gasteiger partial charge on any atom is -0.383 e. The van der Waals surface area contributed by atoms with Crippen LogP contribution in [0.15, 0.2) is 32.7 Å². The van der Waals surface area contributed by atoms with E-state index in [0.717, 1.165) is 6.42 Å². The molecular weight excluding hydrogens is 388 g/mol. The first kappa shape index (κ1) is 19.9. The molecule has 0 fully saturated rings. The Balaban J connectivity index is 1.89. The van der Waals surface area contributed by atoms with Gasteiger partial charge in [0.05, 0.1) is 29.8 Å². The Labute approximate surface area is 166 Å². The molecule has 2 heterocycles. The lowest BCUT2D eigenvalue weighted by Gasteiger charge is -2.12. The van der Waals surface area contributed by atoms with Crippen molar-refractivity contribution < 1.29 is 9.26 Å². The van der Waals surface area contributed by atoms with E-state index in [1.54, 1.807) is 29.9 Å². The van der Waals surface area contributed by atoms with Gasteiger partial charge in [-0.25, -0.2) is 4.98 Å². The van der Waals surface area contributed by atoms with Gasteiger partial charge in [0, 0.05) is 18.6 Å². The maximum absolute atomic E-state index is 12.9. The highest BCUT2D eigenvalue weighted by Gasteiger charge is 2.14. The SMILES string of the molecule is COCCn1c(SCc2noc(CC(C)C)n2)nc2cc(Cl)ccc2c1=O. The standard InChI is InChI=1S/C18H21ClN4O3S/c1-11(2)8-16-21-15(22-26-16)10-27-18-20-14-9-12(19)4-5-13(14)17(24)23(18)6-7-25-3/h4-5,9,11H,6-8,10H2,1-3H3. The molecular formula is C18H21ClN4O3S. The maximum atomic E-state index is 12.9. The molecule has 3 aromatic rings. The van der Waals surface area contributed by atoms with Crippen LogP contribution in [0.2, 0.25) is 5.02 Å². The molecule has 3 rings (SSSR count). The van der Waals surface area contributed by atoms with Gasteiger partial charge in [-0.05, 0) is 24.1 Å². The first-order chi connectivity index (χ1) is 13.0. The summed E-state index contributed by atoms with van der Waals surface area (Å²) in [6.07, 6.45) is 0.739. The zero-order chi connectivity index (χ0) is 19.4. The number of hydrogen-bond acceptors (Lipinski definition) is 7. The number of ether oxygens (including phenoxy) is 1. The molecule has 0 N–H and O–H groups in total. The lowest BCUT2D eigenvalue weighted by molar-refractivity contribution is 0.183. The predicted molar refractivity (Wildman–Crippen MR) is 105 cm³/mol. The maximum Gasteiger partial charge on any atom is 0.262 e. The van der Waals surface area contributed by atoms with Crippen LogP contribution >= 0.6 is 23.4 Å². The molecule has 1 aromatic carbocycles. The van der Waals surface area contributed by atoms with Crippen molar-refractivity contribution in [2.45, 2.75) is 37.7 Å². The topological polar surface area (TPSA) is 83.0 Å². The lowest BCUT2D eigenvalue weighted by Crippen LogP contribution is -2.25. The molecule has 2 aromatic heterocycles. The van der Waals surface area contributed by atoms with Crippen molar-refractivity contribution >= 4 is 34.3 Å². The number of nitrogens with zero attached hydrogens (tertiary/aromatic N) is 4. The van der Waals surface area contributed by atoms with E-state index in [0.29, 0.717) is 57.6 Å². The quantitative estimate of drug-likeness (QED) is 0.416. The second-order valence-electron chi connectivity index (χ2n) is 6.50. The van der Waals surface area contributed by atoms with Gasteiger partial charge in [0.25, 0.3) is 5.56 Å². The van der Waals surface area contributed by atoms with E-state index in [2.05, 4.69) is 29.0 Å². The number of rotatable bonds is 8. The molecule has 0 atom stereocenters. The van der Waals surface area contributed by atoms with Crippen molar-refractivity contribution in [1.82, 2.24) is 19.7 Å². The summed E-state index contributed by atoms with van der Waals surface area (Å²) in [6, 6.07) is 5.08. The van der Waals surface area contributed by atoms with Crippen LogP contribution in [0.3, 0.4) is 0 Å². The van der Waals surface area contributed by atoms with E-state index in [9.17, 15) is 4.79 Å². The third-order valence-corrected chi connectivity index (χ3v) is 5.03. The number of aromatic nitrogens is 4. The fourth-order valence-electron chi connectivity index (χ4n) is 2.57. The zero-order valence-electron chi connectivity index (χ0n) is 15.4. The second-order valence-corrected chi connectivity index (χ2v) is 7.88. The van der Waals surface area contributed by atoms with Crippen LogP contribution in [-0.2, 0) is 23.5 Å². The average molecular weight is 409 g/mol. The van der Waals surface area contributed by atoms with Crippen LogP contribution < -0.4 is 5.56 Å². The summed E-state index contributed by atoms with van der Waals surface area (Å²) in [6.45, 7) is 5.01. The van der Waals surface area contributed by atoms with E-state index in [1.165, 1.54) is 11.8 Å². The third-order valence-electron chi connectivity index (χ3n) is 3.82. The number of thioether (sulfide) groups is 1. The molecule has 0 unspecified atom stereocenters. The molecule has 0 aliphatic rings. The third kappa shape index (κ3) is 4.88. The fourth-order valence-corrected chi connectivity index (χ4v) is 3.61. The van der Waals surface area contributed by atoms with E-state index < -0.39 is 0 Å². The highest BCUT2D eigenvalue weighted by atomic mass is 35.5. The second kappa shape index (κ2) is 8.86. The summed E-state index contributed by atoms with van der Waals surface area (Å²) < 4.78 is 12.0. The Morgan fingerprint density at radius 3 is 2.89 bits per heavy atom. The molecule has 0 amide bonds. The molecule has 9 heteroatoms. The molecule has 0 bridgehead atoms. The largest absolute Gasteiger partial charge is 0.383 e. The van der Waals surface area contributed by atoms with Gasteiger partial charge in [0.1, 0.15) is 0 Å². The van der Waals surface area contributed by atoms with Crippen molar-refractivity contribution in [3.8, 4) is 0 Å². The Bertz CT molecular complexity index is 986. The Morgan fingerprint density at radius 2 is 2.15 bits per heavy atom. The summed E-state index contributed by atoms with van der Waals surface area (Å²) in [4.78, 5) is 21.9. The zero-order valence-corrected chi connectivity index (χ0v) is 17.0. The predicted octanol–water partition coefficient (Wildman–Crippen LogP) is 3.57. The van der Waals surface area contributed by atoms with Crippen LogP contribution in [0.5, 0.6) is 0 Å². The van der Waals surface area contributed by atoms with Crippen LogP contribution in [0.1, 0.15) is 25.6 Å². The van der Waals surface area contributed by atoms with Crippen LogP contribution in [0.4, 0.5) is 0 Å². The first-order valence-electron chi connectivity index (χ1n) is 8.61. The van der Waals surface area contributed by atoms with Gasteiger partial charge in [-0.15, -0.1) is 0 Å². The smallest absolute Gasteiger partial charge is 0.262 e. The normalized spacial score (nSPS) is 11.6. The van der Waals surface area contributed by atoms with Crippen molar-refractivity contribution in [3.05, 3.63) is 45.3 Å². The number of hydrogen-bond donors (Lipinski definition) is 0. The monoisotopic (exact) mass is 408 g/mol. The molecule has 0 aliphatic heterocycles. The lowest BCUT2D eigenvalue weighted by atomic mass is 10.1. The van der Waals surface area contributed by atoms with Crippen LogP contribution in [0, 0.1) is 5.92 Å². The Morgan fingerprint density at radius 1 is 1.33 bits per heavy atom. The van der Waals surface area contributed by atoms with Crippen molar-refractivity contribution in [2.75, 3.05) is 13.7 Å². The molecule has 7 nitrogen and oxygen atoms in total. The van der Waals surface area contributed by atoms with Gasteiger partial charge in [-0.2, -0.15) is 4.98 Å². The fraction of sp³-hybridized carbons (Fsp3) is 0.444. The number of fused-ring (bicyclic) bond motifs is 1. The number of halogens is 1. The molecule has 0 radical (unpaired) electrons. The van der Waals surface area contributed by atoms with Crippen molar-refractivity contribution in [1.29, 1.82) is 0 Å².